The van der Waals surface area contributed by atoms with Crippen molar-refractivity contribution < 1.29 is 9.13 Å². The van der Waals surface area contributed by atoms with Gasteiger partial charge in [0, 0.05) is 6.07 Å². The van der Waals surface area contributed by atoms with Gasteiger partial charge in [0.25, 0.3) is 0 Å². The lowest BCUT2D eigenvalue weighted by Crippen LogP contribution is -2.13. The maximum Gasteiger partial charge on any atom is 0.126 e. The average molecular weight is 180 g/mol. The van der Waals surface area contributed by atoms with Gasteiger partial charge in [0.05, 0.1) is 6.61 Å². The molecule has 1 atom stereocenters. The minimum atomic E-state index is -0.212. The number of rotatable bonds is 1. The molecular weight excluding hydrogens is 167 g/mol. The molecule has 0 fully saturated rings. The van der Waals surface area contributed by atoms with Gasteiger partial charge in [0.2, 0.25) is 0 Å². The van der Waals surface area contributed by atoms with Gasteiger partial charge >= 0.3 is 0 Å². The first-order valence-electron chi connectivity index (χ1n) is 4.73. The second-order valence-corrected chi connectivity index (χ2v) is 3.42. The monoisotopic (exact) mass is 180 g/mol. The minimum absolute atomic E-state index is 0.212. The molecule has 0 N–H and O–H groups in total. The SMILES string of the molecule is CCC1CCOc2cc(F)ccc21. The van der Waals surface area contributed by atoms with Crippen LogP contribution in [0.2, 0.25) is 0 Å². The Labute approximate surface area is 77.5 Å². The Morgan fingerprint density at radius 1 is 1.54 bits per heavy atom. The molecule has 0 aromatic heterocycles. The van der Waals surface area contributed by atoms with Gasteiger partial charge in [-0.1, -0.05) is 13.0 Å². The first-order chi connectivity index (χ1) is 6.31. The van der Waals surface area contributed by atoms with Gasteiger partial charge in [0.15, 0.2) is 0 Å². The molecule has 1 heterocycles. The van der Waals surface area contributed by atoms with Crippen LogP contribution in [0.5, 0.6) is 5.75 Å². The molecular formula is C11H13FO. The van der Waals surface area contributed by atoms with Crippen molar-refractivity contribution in [1.29, 1.82) is 0 Å². The molecule has 1 nitrogen and oxygen atoms in total. The fraction of sp³-hybridized carbons (Fsp3) is 0.455. The minimum Gasteiger partial charge on any atom is -0.493 e. The van der Waals surface area contributed by atoms with Crippen LogP contribution in [0.1, 0.15) is 31.2 Å². The topological polar surface area (TPSA) is 9.23 Å². The summed E-state index contributed by atoms with van der Waals surface area (Å²) in [5, 5.41) is 0. The maximum absolute atomic E-state index is 12.8. The molecule has 1 aliphatic rings. The number of ether oxygens (including phenoxy) is 1. The predicted molar refractivity (Wildman–Crippen MR) is 49.5 cm³/mol. The van der Waals surface area contributed by atoms with Crippen LogP contribution in [0.15, 0.2) is 18.2 Å². The van der Waals surface area contributed by atoms with E-state index in [-0.39, 0.29) is 5.82 Å². The van der Waals surface area contributed by atoms with Gasteiger partial charge in [-0.15, -0.1) is 0 Å². The van der Waals surface area contributed by atoms with Crippen LogP contribution in [0.25, 0.3) is 0 Å². The molecule has 0 radical (unpaired) electrons. The van der Waals surface area contributed by atoms with E-state index in [9.17, 15) is 4.39 Å². The fourth-order valence-corrected chi connectivity index (χ4v) is 1.86. The summed E-state index contributed by atoms with van der Waals surface area (Å²) in [4.78, 5) is 0. The maximum atomic E-state index is 12.8. The molecule has 13 heavy (non-hydrogen) atoms. The summed E-state index contributed by atoms with van der Waals surface area (Å²) in [6, 6.07) is 4.84. The quantitative estimate of drug-likeness (QED) is 0.645. The summed E-state index contributed by atoms with van der Waals surface area (Å²) in [5.41, 5.74) is 1.16. The normalized spacial score (nSPS) is 20.6. The summed E-state index contributed by atoms with van der Waals surface area (Å²) in [6.45, 7) is 2.87. The number of fused-ring (bicyclic) bond motifs is 1. The number of benzene rings is 1. The summed E-state index contributed by atoms with van der Waals surface area (Å²) in [6.07, 6.45) is 2.15. The highest BCUT2D eigenvalue weighted by molar-refractivity contribution is 5.38. The Morgan fingerprint density at radius 3 is 3.15 bits per heavy atom. The standard InChI is InChI=1S/C11H13FO/c1-2-8-5-6-13-11-7-9(12)3-4-10(8)11/h3-4,7-8H,2,5-6H2,1H3. The Bertz CT molecular complexity index is 309. The largest absolute Gasteiger partial charge is 0.493 e. The van der Waals surface area contributed by atoms with E-state index in [2.05, 4.69) is 6.92 Å². The Balaban J connectivity index is 2.40. The number of hydrogen-bond acceptors (Lipinski definition) is 1. The Hall–Kier alpha value is -1.05. The molecule has 2 heteroatoms. The van der Waals surface area contributed by atoms with Crippen molar-refractivity contribution >= 4 is 0 Å². The molecule has 0 saturated carbocycles. The van der Waals surface area contributed by atoms with E-state index >= 15 is 0 Å². The highest BCUT2D eigenvalue weighted by Gasteiger charge is 2.19. The van der Waals surface area contributed by atoms with Gasteiger partial charge in [-0.2, -0.15) is 0 Å². The lowest BCUT2D eigenvalue weighted by atomic mass is 9.91. The van der Waals surface area contributed by atoms with Crippen molar-refractivity contribution in [3.05, 3.63) is 29.6 Å². The van der Waals surface area contributed by atoms with E-state index in [1.165, 1.54) is 12.1 Å². The van der Waals surface area contributed by atoms with Gasteiger partial charge in [-0.05, 0) is 30.4 Å². The molecule has 0 saturated heterocycles. The van der Waals surface area contributed by atoms with Crippen molar-refractivity contribution in [3.8, 4) is 5.75 Å². The second kappa shape index (κ2) is 3.36. The molecule has 1 aromatic rings. The third kappa shape index (κ3) is 1.53. The van der Waals surface area contributed by atoms with Crippen LogP contribution in [-0.2, 0) is 0 Å². The molecule has 1 unspecified atom stereocenters. The van der Waals surface area contributed by atoms with Crippen molar-refractivity contribution in [2.24, 2.45) is 0 Å². The van der Waals surface area contributed by atoms with Crippen LogP contribution in [0.4, 0.5) is 4.39 Å². The van der Waals surface area contributed by atoms with E-state index in [0.29, 0.717) is 5.92 Å². The predicted octanol–water partition coefficient (Wildman–Crippen LogP) is 3.10. The van der Waals surface area contributed by atoms with Crippen molar-refractivity contribution in [3.63, 3.8) is 0 Å². The van der Waals surface area contributed by atoms with Crippen molar-refractivity contribution in [2.75, 3.05) is 6.61 Å². The van der Waals surface area contributed by atoms with Crippen LogP contribution in [-0.4, -0.2) is 6.61 Å². The molecule has 70 valence electrons. The van der Waals surface area contributed by atoms with E-state index < -0.39 is 0 Å². The van der Waals surface area contributed by atoms with Gasteiger partial charge < -0.3 is 4.74 Å². The summed E-state index contributed by atoms with van der Waals surface area (Å²) >= 11 is 0. The van der Waals surface area contributed by atoms with Gasteiger partial charge in [-0.3, -0.25) is 0 Å². The Morgan fingerprint density at radius 2 is 2.38 bits per heavy atom. The molecule has 1 aliphatic heterocycles. The van der Waals surface area contributed by atoms with E-state index in [4.69, 9.17) is 4.74 Å². The average Bonchev–Trinajstić information content (AvgIpc) is 2.16. The lowest BCUT2D eigenvalue weighted by Gasteiger charge is -2.24. The van der Waals surface area contributed by atoms with E-state index in [1.54, 1.807) is 0 Å². The van der Waals surface area contributed by atoms with E-state index in [0.717, 1.165) is 30.8 Å². The molecule has 0 spiro atoms. The Kier molecular flexibility index (Phi) is 2.21. The summed E-state index contributed by atoms with van der Waals surface area (Å²) < 4.78 is 18.2. The first kappa shape index (κ1) is 8.54. The third-order valence-corrected chi connectivity index (χ3v) is 2.63. The van der Waals surface area contributed by atoms with Crippen LogP contribution in [0, 0.1) is 5.82 Å². The first-order valence-corrected chi connectivity index (χ1v) is 4.73. The zero-order chi connectivity index (χ0) is 9.26. The van der Waals surface area contributed by atoms with Crippen molar-refractivity contribution in [2.45, 2.75) is 25.7 Å². The molecule has 0 bridgehead atoms. The highest BCUT2D eigenvalue weighted by Crippen LogP contribution is 2.35. The van der Waals surface area contributed by atoms with Gasteiger partial charge in [-0.25, -0.2) is 4.39 Å². The number of halogens is 1. The van der Waals surface area contributed by atoms with E-state index in [1.807, 2.05) is 6.07 Å². The number of hydrogen-bond donors (Lipinski definition) is 0. The van der Waals surface area contributed by atoms with Crippen LogP contribution < -0.4 is 4.74 Å². The molecule has 2 rings (SSSR count). The lowest BCUT2D eigenvalue weighted by molar-refractivity contribution is 0.264. The molecule has 0 aliphatic carbocycles. The van der Waals surface area contributed by atoms with Gasteiger partial charge in [0.1, 0.15) is 11.6 Å². The summed E-state index contributed by atoms with van der Waals surface area (Å²) in [7, 11) is 0. The molecule has 1 aromatic carbocycles. The van der Waals surface area contributed by atoms with Crippen LogP contribution >= 0.6 is 0 Å². The zero-order valence-electron chi connectivity index (χ0n) is 7.72. The highest BCUT2D eigenvalue weighted by atomic mass is 19.1. The third-order valence-electron chi connectivity index (χ3n) is 2.63. The summed E-state index contributed by atoms with van der Waals surface area (Å²) in [5.74, 6) is 1.07. The smallest absolute Gasteiger partial charge is 0.126 e. The second-order valence-electron chi connectivity index (χ2n) is 3.42. The van der Waals surface area contributed by atoms with Crippen LogP contribution in [0.3, 0.4) is 0 Å². The fourth-order valence-electron chi connectivity index (χ4n) is 1.86. The molecule has 0 amide bonds. The zero-order valence-corrected chi connectivity index (χ0v) is 7.72. The van der Waals surface area contributed by atoms with Crippen molar-refractivity contribution in [1.82, 2.24) is 0 Å².